The summed E-state index contributed by atoms with van der Waals surface area (Å²) in [4.78, 5) is 31.0. The molecule has 0 radical (unpaired) electrons. The first-order valence-corrected chi connectivity index (χ1v) is 13.6. The number of likely N-dealkylation sites (N-methyl/N-ethyl adjacent to an activating group) is 1. The molecule has 5 aromatic rings. The number of thiophene rings is 1. The number of aromatic nitrogens is 4. The number of amides is 1. The van der Waals surface area contributed by atoms with Crippen molar-refractivity contribution in [2.45, 2.75) is 18.1 Å². The second-order valence-electron chi connectivity index (χ2n) is 8.80. The van der Waals surface area contributed by atoms with Crippen molar-refractivity contribution in [1.29, 1.82) is 0 Å². The summed E-state index contributed by atoms with van der Waals surface area (Å²) in [5.41, 5.74) is 2.35. The van der Waals surface area contributed by atoms with E-state index in [2.05, 4.69) is 27.5 Å². The summed E-state index contributed by atoms with van der Waals surface area (Å²) in [6, 6.07) is 16.8. The van der Waals surface area contributed by atoms with E-state index in [-0.39, 0.29) is 17.2 Å². The molecular formula is C26H24N6O3S2. The van der Waals surface area contributed by atoms with Gasteiger partial charge in [0.2, 0.25) is 11.7 Å². The van der Waals surface area contributed by atoms with Crippen molar-refractivity contribution in [3.63, 3.8) is 0 Å². The second kappa shape index (κ2) is 9.66. The van der Waals surface area contributed by atoms with E-state index in [1.54, 1.807) is 35.1 Å². The lowest BCUT2D eigenvalue weighted by molar-refractivity contribution is -0.113. The molecule has 0 aliphatic carbocycles. The van der Waals surface area contributed by atoms with E-state index in [1.165, 1.54) is 16.6 Å². The first kappa shape index (κ1) is 23.7. The van der Waals surface area contributed by atoms with Crippen molar-refractivity contribution in [3.8, 4) is 11.4 Å². The second-order valence-corrected chi connectivity index (χ2v) is 10.8. The smallest absolute Gasteiger partial charge is 0.268 e. The number of ether oxygens (including phenoxy) is 1. The quantitative estimate of drug-likeness (QED) is 0.332. The highest BCUT2D eigenvalue weighted by atomic mass is 32.2. The van der Waals surface area contributed by atoms with Crippen molar-refractivity contribution >= 4 is 50.7 Å². The van der Waals surface area contributed by atoms with Gasteiger partial charge in [0.05, 0.1) is 29.6 Å². The highest BCUT2D eigenvalue weighted by Gasteiger charge is 2.27. The predicted molar refractivity (Wildman–Crippen MR) is 146 cm³/mol. The highest BCUT2D eigenvalue weighted by molar-refractivity contribution is 7.99. The fourth-order valence-corrected chi connectivity index (χ4v) is 6.86. The van der Waals surface area contributed by atoms with Crippen LogP contribution in [0.5, 0.6) is 5.75 Å². The summed E-state index contributed by atoms with van der Waals surface area (Å²) < 4.78 is 8.88. The minimum absolute atomic E-state index is 0.0892. The lowest BCUT2D eigenvalue weighted by atomic mass is 10.1. The maximum atomic E-state index is 13.9. The Labute approximate surface area is 220 Å². The lowest BCUT2D eigenvalue weighted by Gasteiger charge is -2.21. The zero-order valence-corrected chi connectivity index (χ0v) is 21.9. The Morgan fingerprint density at radius 3 is 2.73 bits per heavy atom. The Morgan fingerprint density at radius 1 is 1.14 bits per heavy atom. The first-order valence-electron chi connectivity index (χ1n) is 11.8. The molecule has 11 heteroatoms. The minimum Gasteiger partial charge on any atom is -0.495 e. The molecule has 1 aliphatic heterocycles. The van der Waals surface area contributed by atoms with Gasteiger partial charge in [-0.2, -0.15) is 0 Å². The van der Waals surface area contributed by atoms with E-state index in [4.69, 9.17) is 4.74 Å². The van der Waals surface area contributed by atoms with Gasteiger partial charge in [-0.05, 0) is 43.3 Å². The van der Waals surface area contributed by atoms with E-state index in [1.807, 2.05) is 46.9 Å². The molecular weight excluding hydrogens is 508 g/mol. The number of hydrogen-bond acceptors (Lipinski definition) is 8. The summed E-state index contributed by atoms with van der Waals surface area (Å²) >= 11 is 2.90. The molecule has 3 aromatic heterocycles. The van der Waals surface area contributed by atoms with Crippen molar-refractivity contribution in [1.82, 2.24) is 24.1 Å². The predicted octanol–water partition coefficient (Wildman–Crippen LogP) is 3.82. The average molecular weight is 533 g/mol. The number of nitrogens with zero attached hydrogens (tertiary/aromatic N) is 5. The van der Waals surface area contributed by atoms with Crippen LogP contribution in [0.1, 0.15) is 10.4 Å². The van der Waals surface area contributed by atoms with Crippen LogP contribution < -0.4 is 15.6 Å². The molecule has 0 unspecified atom stereocenters. The van der Waals surface area contributed by atoms with Crippen molar-refractivity contribution in [2.75, 3.05) is 31.8 Å². The van der Waals surface area contributed by atoms with Gasteiger partial charge < -0.3 is 15.0 Å². The van der Waals surface area contributed by atoms with Gasteiger partial charge in [0.25, 0.3) is 5.56 Å². The third kappa shape index (κ3) is 4.18. The van der Waals surface area contributed by atoms with Gasteiger partial charge in [-0.25, -0.2) is 8.97 Å². The van der Waals surface area contributed by atoms with Crippen LogP contribution in [0.15, 0.2) is 64.5 Å². The molecule has 0 fully saturated rings. The van der Waals surface area contributed by atoms with Gasteiger partial charge in [-0.3, -0.25) is 9.59 Å². The van der Waals surface area contributed by atoms with E-state index < -0.39 is 0 Å². The lowest BCUT2D eigenvalue weighted by Crippen LogP contribution is -2.27. The van der Waals surface area contributed by atoms with Crippen LogP contribution in [0, 0.1) is 0 Å². The molecule has 9 nitrogen and oxygen atoms in total. The largest absolute Gasteiger partial charge is 0.495 e. The Kier molecular flexibility index (Phi) is 6.19. The number of rotatable bonds is 6. The van der Waals surface area contributed by atoms with E-state index in [0.29, 0.717) is 27.8 Å². The molecule has 1 aliphatic rings. The Hall–Kier alpha value is -3.67. The monoisotopic (exact) mass is 532 g/mol. The molecule has 37 heavy (non-hydrogen) atoms. The molecule has 1 amide bonds. The molecule has 6 rings (SSSR count). The van der Waals surface area contributed by atoms with Crippen molar-refractivity contribution < 1.29 is 9.53 Å². The highest BCUT2D eigenvalue weighted by Crippen LogP contribution is 2.35. The van der Waals surface area contributed by atoms with Gasteiger partial charge in [0.1, 0.15) is 10.6 Å². The van der Waals surface area contributed by atoms with Gasteiger partial charge >= 0.3 is 0 Å². The topological polar surface area (TPSA) is 93.8 Å². The summed E-state index contributed by atoms with van der Waals surface area (Å²) in [6.07, 6.45) is 0.813. The van der Waals surface area contributed by atoms with Crippen molar-refractivity contribution in [3.05, 3.63) is 75.4 Å². The number of para-hydroxylation sites is 3. The van der Waals surface area contributed by atoms with Gasteiger partial charge in [-0.1, -0.05) is 42.1 Å². The Bertz CT molecular complexity index is 1690. The number of carbonyl (C=O) groups excluding carboxylic acids is 1. The molecule has 0 atom stereocenters. The molecule has 0 bridgehead atoms. The van der Waals surface area contributed by atoms with Crippen LogP contribution in [-0.4, -0.2) is 56.4 Å². The molecule has 2 aromatic carbocycles. The maximum Gasteiger partial charge on any atom is 0.268 e. The van der Waals surface area contributed by atoms with Crippen molar-refractivity contribution in [2.24, 2.45) is 0 Å². The summed E-state index contributed by atoms with van der Waals surface area (Å²) in [5.74, 6) is 0.962. The van der Waals surface area contributed by atoms with Gasteiger partial charge in [-0.15, -0.1) is 21.5 Å². The van der Waals surface area contributed by atoms with Crippen LogP contribution in [0.4, 0.5) is 5.69 Å². The molecule has 0 saturated heterocycles. The zero-order chi connectivity index (χ0) is 25.5. The van der Waals surface area contributed by atoms with E-state index >= 15 is 0 Å². The van der Waals surface area contributed by atoms with Crippen LogP contribution >= 0.6 is 23.1 Å². The summed E-state index contributed by atoms with van der Waals surface area (Å²) in [6.45, 7) is 1.70. The number of methoxy groups -OCH3 is 1. The number of fused-ring (bicyclic) bond motifs is 5. The number of thioether (sulfide) groups is 1. The summed E-state index contributed by atoms with van der Waals surface area (Å²) in [7, 11) is 3.66. The van der Waals surface area contributed by atoms with Crippen LogP contribution in [-0.2, 0) is 17.8 Å². The minimum atomic E-state index is -0.189. The molecule has 0 spiro atoms. The zero-order valence-electron chi connectivity index (χ0n) is 20.3. The van der Waals surface area contributed by atoms with Gasteiger partial charge in [0, 0.05) is 18.0 Å². The molecule has 4 heterocycles. The van der Waals surface area contributed by atoms with Gasteiger partial charge in [0.15, 0.2) is 5.16 Å². The number of hydrogen-bond donors (Lipinski definition) is 1. The first-order chi connectivity index (χ1) is 18.0. The third-order valence-electron chi connectivity index (χ3n) is 6.39. The summed E-state index contributed by atoms with van der Waals surface area (Å²) in [5, 5.41) is 13.0. The number of anilines is 1. The number of carbonyl (C=O) groups is 1. The van der Waals surface area contributed by atoms with E-state index in [9.17, 15) is 9.59 Å². The molecule has 188 valence electrons. The Balaban J connectivity index is 1.44. The SMILES string of the molecule is COc1ccccc1NC(=O)CSc1nnc2n(-c3ccccc3)c(=O)c3c4c(sc3n12)CN(C)CC4. The van der Waals surface area contributed by atoms with Crippen LogP contribution in [0.25, 0.3) is 21.7 Å². The number of nitrogens with one attached hydrogen (secondary N) is 1. The maximum absolute atomic E-state index is 13.9. The van der Waals surface area contributed by atoms with Crippen LogP contribution in [0.3, 0.4) is 0 Å². The Morgan fingerprint density at radius 2 is 1.92 bits per heavy atom. The fourth-order valence-electron chi connectivity index (χ4n) is 4.65. The molecule has 1 N–H and O–H groups in total. The molecule has 0 saturated carbocycles. The van der Waals surface area contributed by atoms with E-state index in [0.717, 1.165) is 35.6 Å². The third-order valence-corrected chi connectivity index (χ3v) is 8.52. The number of benzene rings is 2. The average Bonchev–Trinajstić information content (AvgIpc) is 3.49. The fraction of sp³-hybridized carbons (Fsp3) is 0.231. The standard InChI is InChI=1S/C26H24N6O3S2/c1-30-13-12-17-20(14-30)37-24-22(17)23(34)31(16-8-4-3-5-9-16)25-28-29-26(32(24)25)36-15-21(33)27-18-10-6-7-11-19(18)35-2/h3-11H,12-15H2,1-2H3,(H,27,33). The normalized spacial score (nSPS) is 13.7. The van der Waals surface area contributed by atoms with Crippen LogP contribution in [0.2, 0.25) is 0 Å².